The van der Waals surface area contributed by atoms with Gasteiger partial charge in [0.05, 0.1) is 7.11 Å². The predicted molar refractivity (Wildman–Crippen MR) is 27.4 cm³/mol. The van der Waals surface area contributed by atoms with Crippen LogP contribution in [0.2, 0.25) is 0 Å². The van der Waals surface area contributed by atoms with Crippen molar-refractivity contribution >= 4 is 28.6 Å². The lowest BCUT2D eigenvalue weighted by atomic mass is 11.8. The molecule has 0 aromatic rings. The zero-order valence-corrected chi connectivity index (χ0v) is 5.83. The van der Waals surface area contributed by atoms with Crippen LogP contribution in [0.4, 0.5) is 0 Å². The molecule has 6 heteroatoms. The van der Waals surface area contributed by atoms with E-state index in [0.717, 1.165) is 7.11 Å². The van der Waals surface area contributed by atoms with Crippen molar-refractivity contribution in [3.63, 3.8) is 0 Å². The summed E-state index contributed by atoms with van der Waals surface area (Å²) in [5, 5.41) is 0. The van der Waals surface area contributed by atoms with Crippen molar-refractivity contribution in [2.45, 2.75) is 0 Å². The molecule has 0 aromatic carbocycles. The SMILES string of the molecule is COOP(=O)(Cl)Cl. The van der Waals surface area contributed by atoms with Gasteiger partial charge in [-0.15, -0.1) is 4.67 Å². The third kappa shape index (κ3) is 6.73. The fourth-order valence-electron chi connectivity index (χ4n) is 0.0868. The average Bonchev–Trinajstić information content (AvgIpc) is 1.30. The topological polar surface area (TPSA) is 35.5 Å². The highest BCUT2D eigenvalue weighted by Gasteiger charge is 2.13. The molecule has 0 amide bonds. The molecule has 0 saturated carbocycles. The molecule has 0 unspecified atom stereocenters. The van der Waals surface area contributed by atoms with Crippen molar-refractivity contribution in [2.75, 3.05) is 7.11 Å². The summed E-state index contributed by atoms with van der Waals surface area (Å²) in [4.78, 5) is 3.88. The molecule has 0 saturated heterocycles. The lowest BCUT2D eigenvalue weighted by molar-refractivity contribution is -0.171. The van der Waals surface area contributed by atoms with Crippen LogP contribution >= 0.6 is 28.6 Å². The van der Waals surface area contributed by atoms with Crippen LogP contribution in [0, 0.1) is 0 Å². The van der Waals surface area contributed by atoms with Crippen molar-refractivity contribution in [1.82, 2.24) is 0 Å². The minimum atomic E-state index is -3.44. The third-order valence-corrected chi connectivity index (χ3v) is 0.822. The summed E-state index contributed by atoms with van der Waals surface area (Å²) in [6, 6.07) is 0. The van der Waals surface area contributed by atoms with Gasteiger partial charge in [-0.05, 0) is 22.5 Å². The lowest BCUT2D eigenvalue weighted by Crippen LogP contribution is -1.74. The zero-order valence-electron chi connectivity index (χ0n) is 3.43. The van der Waals surface area contributed by atoms with Gasteiger partial charge in [0.25, 0.3) is 0 Å². The molecule has 0 bridgehead atoms. The Morgan fingerprint density at radius 3 is 2.00 bits per heavy atom. The molecule has 0 heterocycles. The first-order valence-electron chi connectivity index (χ1n) is 1.28. The molecule has 0 radical (unpaired) electrons. The normalized spacial score (nSPS) is 11.9. The Morgan fingerprint density at radius 1 is 1.57 bits per heavy atom. The van der Waals surface area contributed by atoms with Gasteiger partial charge in [-0.25, -0.2) is 4.89 Å². The van der Waals surface area contributed by atoms with Gasteiger partial charge in [0.1, 0.15) is 0 Å². The van der Waals surface area contributed by atoms with E-state index in [1.165, 1.54) is 0 Å². The Hall–Kier alpha value is 0.730. The van der Waals surface area contributed by atoms with Crippen LogP contribution in [0.15, 0.2) is 0 Å². The van der Waals surface area contributed by atoms with Gasteiger partial charge in [-0.1, -0.05) is 0 Å². The van der Waals surface area contributed by atoms with Gasteiger partial charge in [-0.3, -0.25) is 4.57 Å². The summed E-state index contributed by atoms with van der Waals surface area (Å²) >= 11 is 9.61. The van der Waals surface area contributed by atoms with Crippen LogP contribution in [0.1, 0.15) is 0 Å². The van der Waals surface area contributed by atoms with Gasteiger partial charge < -0.3 is 0 Å². The zero-order chi connectivity index (χ0) is 5.91. The molecule has 0 aliphatic carbocycles. The van der Waals surface area contributed by atoms with Crippen LogP contribution in [0.5, 0.6) is 0 Å². The minimum Gasteiger partial charge on any atom is -0.254 e. The molecule has 0 rings (SSSR count). The second-order valence-corrected chi connectivity index (χ2v) is 4.82. The summed E-state index contributed by atoms with van der Waals surface area (Å²) < 4.78 is 13.8. The highest BCUT2D eigenvalue weighted by Crippen LogP contribution is 2.57. The number of rotatable bonds is 2. The van der Waals surface area contributed by atoms with Crippen LogP contribution in [-0.4, -0.2) is 7.11 Å². The van der Waals surface area contributed by atoms with Gasteiger partial charge in [0, 0.05) is 0 Å². The molecule has 0 spiro atoms. The quantitative estimate of drug-likeness (QED) is 0.357. The number of hydrogen-bond acceptors (Lipinski definition) is 3. The molecular formula is CH3Cl2O3P. The van der Waals surface area contributed by atoms with Crippen LogP contribution in [0.3, 0.4) is 0 Å². The van der Waals surface area contributed by atoms with Crippen LogP contribution < -0.4 is 0 Å². The molecule has 7 heavy (non-hydrogen) atoms. The third-order valence-electron chi connectivity index (χ3n) is 0.161. The molecule has 0 aliphatic heterocycles. The number of hydrogen-bond donors (Lipinski definition) is 0. The smallest absolute Gasteiger partial charge is 0.254 e. The van der Waals surface area contributed by atoms with Crippen molar-refractivity contribution in [1.29, 1.82) is 0 Å². The Morgan fingerprint density at radius 2 is 2.00 bits per heavy atom. The molecule has 0 aliphatic rings. The van der Waals surface area contributed by atoms with Gasteiger partial charge in [-0.2, -0.15) is 0 Å². The Bertz CT molecular complexity index is 86.9. The standard InChI is InChI=1S/CH3Cl2O3P/c1-5-6-7(2,3)4/h1H3. The second-order valence-electron chi connectivity index (χ2n) is 0.656. The van der Waals surface area contributed by atoms with Crippen LogP contribution in [-0.2, 0) is 14.1 Å². The average molecular weight is 165 g/mol. The highest BCUT2D eigenvalue weighted by atomic mass is 35.9. The van der Waals surface area contributed by atoms with Crippen molar-refractivity contribution < 1.29 is 14.1 Å². The Balaban J connectivity index is 3.36. The molecule has 3 nitrogen and oxygen atoms in total. The van der Waals surface area contributed by atoms with Crippen molar-refractivity contribution in [3.8, 4) is 0 Å². The van der Waals surface area contributed by atoms with E-state index in [2.05, 4.69) is 9.56 Å². The van der Waals surface area contributed by atoms with E-state index in [0.29, 0.717) is 0 Å². The molecule has 0 aromatic heterocycles. The fourth-order valence-corrected chi connectivity index (χ4v) is 0.598. The Labute approximate surface area is 50.5 Å². The highest BCUT2D eigenvalue weighted by molar-refractivity contribution is 8.05. The largest absolute Gasteiger partial charge is 0.406 e. The molecule has 44 valence electrons. The first-order valence-corrected chi connectivity index (χ1v) is 4.71. The first-order chi connectivity index (χ1) is 3.06. The molecule has 0 fully saturated rings. The van der Waals surface area contributed by atoms with E-state index in [4.69, 9.17) is 22.5 Å². The van der Waals surface area contributed by atoms with E-state index in [1.807, 2.05) is 0 Å². The summed E-state index contributed by atoms with van der Waals surface area (Å²) in [6.07, 6.45) is -3.44. The summed E-state index contributed by atoms with van der Waals surface area (Å²) in [7, 11) is 1.16. The Kier molecular flexibility index (Phi) is 3.20. The van der Waals surface area contributed by atoms with E-state index in [-0.39, 0.29) is 0 Å². The maximum Gasteiger partial charge on any atom is 0.406 e. The first kappa shape index (κ1) is 7.73. The maximum atomic E-state index is 10.00. The number of halogens is 2. The monoisotopic (exact) mass is 164 g/mol. The molecular weight excluding hydrogens is 162 g/mol. The van der Waals surface area contributed by atoms with Gasteiger partial charge in [0.15, 0.2) is 0 Å². The van der Waals surface area contributed by atoms with E-state index in [1.54, 1.807) is 0 Å². The van der Waals surface area contributed by atoms with Gasteiger partial charge in [0.2, 0.25) is 0 Å². The van der Waals surface area contributed by atoms with Crippen molar-refractivity contribution in [2.24, 2.45) is 0 Å². The van der Waals surface area contributed by atoms with E-state index >= 15 is 0 Å². The maximum absolute atomic E-state index is 10.00. The predicted octanol–water partition coefficient (Wildman–Crippen LogP) is 2.15. The molecule has 0 atom stereocenters. The second kappa shape index (κ2) is 2.90. The molecule has 0 N–H and O–H groups in total. The minimum absolute atomic E-state index is 1.16. The van der Waals surface area contributed by atoms with Crippen molar-refractivity contribution in [3.05, 3.63) is 0 Å². The summed E-state index contributed by atoms with van der Waals surface area (Å²) in [5.74, 6) is 0. The van der Waals surface area contributed by atoms with Crippen LogP contribution in [0.25, 0.3) is 0 Å². The van der Waals surface area contributed by atoms with E-state index in [9.17, 15) is 4.57 Å². The fraction of sp³-hybridized carbons (Fsp3) is 1.00. The summed E-state index contributed by atoms with van der Waals surface area (Å²) in [6.45, 7) is 0. The summed E-state index contributed by atoms with van der Waals surface area (Å²) in [5.41, 5.74) is 0. The lowest BCUT2D eigenvalue weighted by Gasteiger charge is -1.94. The van der Waals surface area contributed by atoms with Gasteiger partial charge >= 0.3 is 6.07 Å². The van der Waals surface area contributed by atoms with E-state index < -0.39 is 6.07 Å².